The van der Waals surface area contributed by atoms with Gasteiger partial charge < -0.3 is 9.13 Å². The number of benzene rings is 6. The minimum absolute atomic E-state index is 1.19. The van der Waals surface area contributed by atoms with Crippen LogP contribution in [0.4, 0.5) is 0 Å². The molecule has 0 saturated carbocycles. The number of fused-ring (bicyclic) bond motifs is 9. The van der Waals surface area contributed by atoms with Gasteiger partial charge in [0.25, 0.3) is 0 Å². The van der Waals surface area contributed by atoms with Gasteiger partial charge in [-0.3, -0.25) is 0 Å². The summed E-state index contributed by atoms with van der Waals surface area (Å²) < 4.78 is 4.72. The molecule has 0 aliphatic heterocycles. The fourth-order valence-electron chi connectivity index (χ4n) is 7.63. The van der Waals surface area contributed by atoms with Crippen molar-refractivity contribution in [2.45, 2.75) is 73.1 Å². The third-order valence-corrected chi connectivity index (χ3v) is 10.1. The van der Waals surface area contributed by atoms with E-state index in [-0.39, 0.29) is 0 Å². The molecule has 8 aromatic rings. The monoisotopic (exact) mass is 670 g/mol. The largest absolute Gasteiger partial charge is 0.343 e. The van der Waals surface area contributed by atoms with Crippen molar-refractivity contribution in [3.8, 4) is 22.5 Å². The zero-order valence-corrected chi connectivity index (χ0v) is 31.8. The zero-order chi connectivity index (χ0) is 36.1. The number of hydrogen-bond donors (Lipinski definition) is 0. The quantitative estimate of drug-likeness (QED) is 0.0907. The van der Waals surface area contributed by atoms with E-state index < -0.39 is 0 Å². The van der Waals surface area contributed by atoms with E-state index in [1.54, 1.807) is 0 Å². The van der Waals surface area contributed by atoms with E-state index in [4.69, 9.17) is 0 Å². The Kier molecular flexibility index (Phi) is 11.1. The number of aryl methyl sites for hydroxylation is 4. The molecule has 0 saturated heterocycles. The van der Waals surface area contributed by atoms with Gasteiger partial charge in [0.2, 0.25) is 0 Å². The van der Waals surface area contributed by atoms with Crippen LogP contribution in [0.25, 0.3) is 76.6 Å². The third kappa shape index (κ3) is 7.10. The molecule has 2 nitrogen and oxygen atoms in total. The minimum Gasteiger partial charge on any atom is -0.343 e. The van der Waals surface area contributed by atoms with E-state index in [9.17, 15) is 0 Å². The van der Waals surface area contributed by atoms with Crippen molar-refractivity contribution in [2.75, 3.05) is 0 Å². The Balaban J connectivity index is 0.000000358. The Morgan fingerprint density at radius 2 is 0.922 bits per heavy atom. The number of unbranched alkanes of at least 4 members (excludes halogenated alkanes) is 4. The molecule has 2 aromatic heterocycles. The molecular weight excluding hydrogens is 617 g/mol. The molecule has 0 atom stereocenters. The number of aromatic nitrogens is 2. The molecule has 0 radical (unpaired) electrons. The molecule has 0 fully saturated rings. The summed E-state index contributed by atoms with van der Waals surface area (Å²) in [7, 11) is 4.39. The van der Waals surface area contributed by atoms with Gasteiger partial charge in [-0.25, -0.2) is 0 Å². The third-order valence-electron chi connectivity index (χ3n) is 10.1. The van der Waals surface area contributed by atoms with Crippen LogP contribution in [0.1, 0.15) is 70.4 Å². The average Bonchev–Trinajstić information content (AvgIpc) is 3.67. The van der Waals surface area contributed by atoms with E-state index in [0.717, 1.165) is 0 Å². The highest BCUT2D eigenvalue weighted by Gasteiger charge is 2.16. The number of rotatable bonds is 7. The van der Waals surface area contributed by atoms with Crippen molar-refractivity contribution < 1.29 is 0 Å². The topological polar surface area (TPSA) is 9.86 Å². The zero-order valence-electron chi connectivity index (χ0n) is 31.8. The molecule has 0 spiro atoms. The van der Waals surface area contributed by atoms with Gasteiger partial charge >= 0.3 is 0 Å². The van der Waals surface area contributed by atoms with Crippen LogP contribution in [-0.2, 0) is 14.1 Å². The Hall–Kier alpha value is -5.08. The van der Waals surface area contributed by atoms with Crippen molar-refractivity contribution in [1.29, 1.82) is 0 Å². The molecular formula is C49H54N2. The maximum Gasteiger partial charge on any atom is 0.0562 e. The van der Waals surface area contributed by atoms with Gasteiger partial charge in [0, 0.05) is 47.0 Å². The highest BCUT2D eigenvalue weighted by molar-refractivity contribution is 6.24. The molecule has 2 heterocycles. The second-order valence-electron chi connectivity index (χ2n) is 14.2. The summed E-state index contributed by atoms with van der Waals surface area (Å²) in [6.07, 6.45) is 9.86. The first-order valence-corrected chi connectivity index (χ1v) is 18.9. The molecule has 6 aromatic carbocycles. The summed E-state index contributed by atoms with van der Waals surface area (Å²) >= 11 is 0. The van der Waals surface area contributed by atoms with Crippen molar-refractivity contribution in [2.24, 2.45) is 14.1 Å². The fraction of sp³-hybridized carbons (Fsp3) is 0.265. The number of allylic oxidation sites excluding steroid dienone is 1. The summed E-state index contributed by atoms with van der Waals surface area (Å²) in [5, 5.41) is 10.4. The van der Waals surface area contributed by atoms with Gasteiger partial charge in [0.15, 0.2) is 0 Å². The maximum atomic E-state index is 3.66. The summed E-state index contributed by atoms with van der Waals surface area (Å²) in [5.74, 6) is 0. The van der Waals surface area contributed by atoms with Crippen LogP contribution in [0.3, 0.4) is 0 Å². The highest BCUT2D eigenvalue weighted by atomic mass is 15.0. The lowest BCUT2D eigenvalue weighted by Gasteiger charge is -2.12. The smallest absolute Gasteiger partial charge is 0.0562 e. The molecule has 0 unspecified atom stereocenters. The van der Waals surface area contributed by atoms with Gasteiger partial charge in [-0.2, -0.15) is 0 Å². The van der Waals surface area contributed by atoms with Crippen molar-refractivity contribution >= 4 is 54.1 Å². The van der Waals surface area contributed by atoms with E-state index >= 15 is 0 Å². The van der Waals surface area contributed by atoms with Crippen LogP contribution in [0.15, 0.2) is 122 Å². The second kappa shape index (κ2) is 15.9. The number of nitrogens with zero attached hydrogens (tertiary/aromatic N) is 2. The van der Waals surface area contributed by atoms with Crippen molar-refractivity contribution in [3.63, 3.8) is 0 Å². The molecule has 0 aliphatic rings. The van der Waals surface area contributed by atoms with Crippen molar-refractivity contribution in [3.05, 3.63) is 133 Å². The van der Waals surface area contributed by atoms with E-state index in [0.29, 0.717) is 0 Å². The first-order chi connectivity index (χ1) is 24.8. The average molecular weight is 671 g/mol. The molecule has 0 aliphatic carbocycles. The SMILES string of the molecule is C=CCCCCCC.CCC.Cc1cccc(-c2cc3ccc4c5ccc6c(ccc7cc(-c8cccc(C)c8)n(C)c76)c5ccc4c3n2C)c1. The van der Waals surface area contributed by atoms with Gasteiger partial charge in [-0.05, 0) is 83.6 Å². The summed E-state index contributed by atoms with van der Waals surface area (Å²) in [4.78, 5) is 0. The normalized spacial score (nSPS) is 11.2. The molecule has 260 valence electrons. The lowest BCUT2D eigenvalue weighted by Crippen LogP contribution is -1.93. The first-order valence-electron chi connectivity index (χ1n) is 18.9. The van der Waals surface area contributed by atoms with Gasteiger partial charge in [-0.1, -0.05) is 149 Å². The number of hydrogen-bond acceptors (Lipinski definition) is 0. The van der Waals surface area contributed by atoms with E-state index in [1.165, 1.54) is 126 Å². The summed E-state index contributed by atoms with van der Waals surface area (Å²) in [6, 6.07) is 40.7. The van der Waals surface area contributed by atoms with Crippen LogP contribution in [0.2, 0.25) is 0 Å². The first kappa shape index (κ1) is 35.7. The second-order valence-corrected chi connectivity index (χ2v) is 14.2. The van der Waals surface area contributed by atoms with Crippen LogP contribution in [0, 0.1) is 13.8 Å². The van der Waals surface area contributed by atoms with Crippen molar-refractivity contribution in [1.82, 2.24) is 9.13 Å². The van der Waals surface area contributed by atoms with Crippen LogP contribution >= 0.6 is 0 Å². The molecule has 8 rings (SSSR count). The lowest BCUT2D eigenvalue weighted by molar-refractivity contribution is 0.675. The predicted molar refractivity (Wildman–Crippen MR) is 227 cm³/mol. The standard InChI is InChI=1S/C38H30N2.C8H16.C3H8/c1-23-7-5-9-25(19-23)35-21-27-11-13-31-29-16-18-34-32(30(29)15-17-33(31)37(27)39(35)3)14-12-28-22-36(40(4)38(28)34)26-10-6-8-24(2)20-26;1-3-5-7-8-6-4-2;1-3-2/h5-22H,1-4H3;3H,1,4-8H2,2H3;3H2,1-2H3. The Labute approximate surface area is 305 Å². The molecule has 0 N–H and O–H groups in total. The van der Waals surface area contributed by atoms with Crippen LogP contribution in [-0.4, -0.2) is 9.13 Å². The summed E-state index contributed by atoms with van der Waals surface area (Å²) in [6.45, 7) is 14.5. The van der Waals surface area contributed by atoms with E-state index in [1.807, 2.05) is 6.08 Å². The van der Waals surface area contributed by atoms with Gasteiger partial charge in [0.05, 0.1) is 11.0 Å². The molecule has 2 heteroatoms. The lowest BCUT2D eigenvalue weighted by atomic mass is 9.95. The van der Waals surface area contributed by atoms with Gasteiger partial charge in [0.1, 0.15) is 0 Å². The Morgan fingerprint density at radius 3 is 1.33 bits per heavy atom. The van der Waals surface area contributed by atoms with Gasteiger partial charge in [-0.15, -0.1) is 6.58 Å². The molecule has 0 amide bonds. The predicted octanol–water partition coefficient (Wildman–Crippen LogP) is 14.6. The molecule has 51 heavy (non-hydrogen) atoms. The molecule has 0 bridgehead atoms. The maximum absolute atomic E-state index is 3.66. The summed E-state index contributed by atoms with van der Waals surface area (Å²) in [5.41, 5.74) is 10.2. The van der Waals surface area contributed by atoms with Crippen LogP contribution < -0.4 is 0 Å². The van der Waals surface area contributed by atoms with Crippen LogP contribution in [0.5, 0.6) is 0 Å². The minimum atomic E-state index is 1.19. The Bertz CT molecular complexity index is 2300. The van der Waals surface area contributed by atoms with E-state index in [2.05, 4.69) is 174 Å². The fourth-order valence-corrected chi connectivity index (χ4v) is 7.63. The Morgan fingerprint density at radius 1 is 0.510 bits per heavy atom. The highest BCUT2D eigenvalue weighted by Crippen LogP contribution is 2.40.